The van der Waals surface area contributed by atoms with E-state index in [4.69, 9.17) is 4.55 Å². The summed E-state index contributed by atoms with van der Waals surface area (Å²) in [4.78, 5) is 5.38. The monoisotopic (exact) mass is 238 g/mol. The van der Waals surface area contributed by atoms with Gasteiger partial charge in [0, 0.05) is 30.4 Å². The minimum Gasteiger partial charge on any atom is -0.337 e. The largest absolute Gasteiger partial charge is 0.337 e. The maximum absolute atomic E-state index is 10.7. The maximum atomic E-state index is 10.7. The van der Waals surface area contributed by atoms with Gasteiger partial charge in [-0.3, -0.25) is 9.55 Å². The molecule has 2 rings (SSSR count). The van der Waals surface area contributed by atoms with Crippen LogP contribution >= 0.6 is 0 Å². The van der Waals surface area contributed by atoms with Gasteiger partial charge in [-0.05, 0) is 17.7 Å². The molecular weight excluding hydrogens is 228 g/mol. The van der Waals surface area contributed by atoms with Gasteiger partial charge in [0.1, 0.15) is 5.88 Å². The van der Waals surface area contributed by atoms with Crippen molar-refractivity contribution < 1.29 is 13.0 Å². The first-order chi connectivity index (χ1) is 7.54. The van der Waals surface area contributed by atoms with Crippen LogP contribution in [0.4, 0.5) is 0 Å². The van der Waals surface area contributed by atoms with Gasteiger partial charge in [-0.1, -0.05) is 6.08 Å². The average molecular weight is 238 g/mol. The van der Waals surface area contributed by atoms with Crippen LogP contribution in [0.15, 0.2) is 53.0 Å². The van der Waals surface area contributed by atoms with Crippen molar-refractivity contribution in [2.45, 2.75) is 0 Å². The first-order valence-electron chi connectivity index (χ1n) is 4.56. The standard InChI is InChI=1S/C10H10N2O3S/c13-16(14,15)8-12-5-3-9-2-1-4-11-6-10(9)7-12/h1-7H,8H2,(H,13,14,15). The van der Waals surface area contributed by atoms with Gasteiger partial charge in [-0.15, -0.1) is 0 Å². The summed E-state index contributed by atoms with van der Waals surface area (Å²) in [6.45, 7) is 0. The smallest absolute Gasteiger partial charge is 0.283 e. The lowest BCUT2D eigenvalue weighted by Crippen LogP contribution is -2.22. The second kappa shape index (κ2) is 4.07. The second-order valence-corrected chi connectivity index (χ2v) is 4.79. The number of hydrogen-bond donors (Lipinski definition) is 1. The fraction of sp³-hybridized carbons (Fsp3) is 0.100. The Morgan fingerprint density at radius 2 is 2.19 bits per heavy atom. The minimum absolute atomic E-state index is 0.457. The van der Waals surface area contributed by atoms with Crippen molar-refractivity contribution in [1.82, 2.24) is 4.90 Å². The van der Waals surface area contributed by atoms with E-state index in [1.807, 2.05) is 6.08 Å². The predicted octanol–water partition coefficient (Wildman–Crippen LogP) is 1.07. The average Bonchev–Trinajstić information content (AvgIpc) is 2.39. The Balaban J connectivity index is 2.25. The highest BCUT2D eigenvalue weighted by molar-refractivity contribution is 7.85. The van der Waals surface area contributed by atoms with E-state index in [0.717, 1.165) is 11.1 Å². The lowest BCUT2D eigenvalue weighted by molar-refractivity contribution is 0.452. The van der Waals surface area contributed by atoms with E-state index in [1.54, 1.807) is 37.0 Å². The van der Waals surface area contributed by atoms with Crippen molar-refractivity contribution in [2.24, 2.45) is 4.99 Å². The zero-order chi connectivity index (χ0) is 11.6. The summed E-state index contributed by atoms with van der Waals surface area (Å²) in [5.74, 6) is -0.457. The first-order valence-corrected chi connectivity index (χ1v) is 6.17. The molecule has 2 heterocycles. The van der Waals surface area contributed by atoms with Gasteiger partial charge in [0.05, 0.1) is 0 Å². The number of allylic oxidation sites excluding steroid dienone is 5. The van der Waals surface area contributed by atoms with E-state index in [2.05, 4.69) is 4.99 Å². The van der Waals surface area contributed by atoms with E-state index < -0.39 is 16.0 Å². The highest BCUT2D eigenvalue weighted by atomic mass is 32.2. The molecule has 0 radical (unpaired) electrons. The third-order valence-corrected chi connectivity index (χ3v) is 2.68. The fourth-order valence-electron chi connectivity index (χ4n) is 1.42. The van der Waals surface area contributed by atoms with Crippen LogP contribution in [0.1, 0.15) is 0 Å². The van der Waals surface area contributed by atoms with Gasteiger partial charge in [0.2, 0.25) is 0 Å². The molecule has 6 heteroatoms. The summed E-state index contributed by atoms with van der Waals surface area (Å²) in [6.07, 6.45) is 11.9. The molecule has 0 saturated carbocycles. The summed E-state index contributed by atoms with van der Waals surface area (Å²) in [6, 6.07) is 0. The van der Waals surface area contributed by atoms with Gasteiger partial charge in [-0.25, -0.2) is 0 Å². The number of hydrogen-bond acceptors (Lipinski definition) is 4. The van der Waals surface area contributed by atoms with Crippen LogP contribution < -0.4 is 0 Å². The number of nitrogens with zero attached hydrogens (tertiary/aromatic N) is 2. The van der Waals surface area contributed by atoms with Crippen LogP contribution in [-0.2, 0) is 10.1 Å². The normalized spacial score (nSPS) is 18.9. The molecule has 0 fully saturated rings. The highest BCUT2D eigenvalue weighted by Crippen LogP contribution is 2.19. The molecule has 0 aromatic rings. The highest BCUT2D eigenvalue weighted by Gasteiger charge is 2.13. The Morgan fingerprint density at radius 1 is 1.38 bits per heavy atom. The van der Waals surface area contributed by atoms with Crippen LogP contribution in [0.25, 0.3) is 0 Å². The van der Waals surface area contributed by atoms with E-state index in [1.165, 1.54) is 4.90 Å². The van der Waals surface area contributed by atoms with E-state index in [0.29, 0.717) is 0 Å². The molecule has 0 aliphatic carbocycles. The van der Waals surface area contributed by atoms with Crippen LogP contribution in [0.2, 0.25) is 0 Å². The summed E-state index contributed by atoms with van der Waals surface area (Å²) >= 11 is 0. The van der Waals surface area contributed by atoms with Crippen LogP contribution in [-0.4, -0.2) is 30.0 Å². The zero-order valence-electron chi connectivity index (χ0n) is 8.31. The molecule has 0 atom stereocenters. The molecule has 0 bridgehead atoms. The van der Waals surface area contributed by atoms with E-state index in [9.17, 15) is 8.42 Å². The van der Waals surface area contributed by atoms with Gasteiger partial charge in [0.25, 0.3) is 10.1 Å². The summed E-state index contributed by atoms with van der Waals surface area (Å²) in [5.41, 5.74) is 1.75. The molecule has 1 N–H and O–H groups in total. The molecule has 84 valence electrons. The Kier molecular flexibility index (Phi) is 2.76. The van der Waals surface area contributed by atoms with Crippen molar-refractivity contribution in [3.63, 3.8) is 0 Å². The van der Waals surface area contributed by atoms with Gasteiger partial charge in [-0.2, -0.15) is 8.42 Å². The van der Waals surface area contributed by atoms with E-state index >= 15 is 0 Å². The van der Waals surface area contributed by atoms with Gasteiger partial charge in [0.15, 0.2) is 0 Å². The molecule has 16 heavy (non-hydrogen) atoms. The molecule has 5 nitrogen and oxygen atoms in total. The second-order valence-electron chi connectivity index (χ2n) is 3.37. The topological polar surface area (TPSA) is 70.0 Å². The molecule has 2 aliphatic rings. The van der Waals surface area contributed by atoms with Crippen LogP contribution in [0.3, 0.4) is 0 Å². The van der Waals surface area contributed by atoms with Crippen molar-refractivity contribution in [3.8, 4) is 0 Å². The van der Waals surface area contributed by atoms with Crippen molar-refractivity contribution in [1.29, 1.82) is 0 Å². The predicted molar refractivity (Wildman–Crippen MR) is 61.2 cm³/mol. The Bertz CT molecular complexity index is 538. The van der Waals surface area contributed by atoms with Crippen LogP contribution in [0.5, 0.6) is 0 Å². The molecule has 0 amide bonds. The van der Waals surface area contributed by atoms with E-state index in [-0.39, 0.29) is 0 Å². The summed E-state index contributed by atoms with van der Waals surface area (Å²) in [5, 5.41) is 0. The molecule has 2 aliphatic heterocycles. The van der Waals surface area contributed by atoms with Crippen LogP contribution in [0, 0.1) is 0 Å². The SMILES string of the molecule is O=S(=O)(O)CN1C=CC2=CC=CN=CC2=C1. The number of rotatable bonds is 2. The van der Waals surface area contributed by atoms with Crippen molar-refractivity contribution in [3.05, 3.63) is 48.0 Å². The Morgan fingerprint density at radius 3 is 2.94 bits per heavy atom. The summed E-state index contributed by atoms with van der Waals surface area (Å²) in [7, 11) is -4.02. The molecule has 0 unspecified atom stereocenters. The first kappa shape index (κ1) is 10.8. The third-order valence-electron chi connectivity index (χ3n) is 2.06. The van der Waals surface area contributed by atoms with Crippen molar-refractivity contribution in [2.75, 3.05) is 5.88 Å². The number of aliphatic imine (C=N–C) groups is 1. The molecule has 0 saturated heterocycles. The lowest BCUT2D eigenvalue weighted by atomic mass is 10.1. The molecule has 0 aromatic carbocycles. The fourth-order valence-corrected chi connectivity index (χ4v) is 1.95. The summed E-state index contributed by atoms with van der Waals surface area (Å²) < 4.78 is 30.2. The zero-order valence-corrected chi connectivity index (χ0v) is 9.13. The Labute approximate surface area is 93.5 Å². The lowest BCUT2D eigenvalue weighted by Gasteiger charge is -2.19. The molecule has 0 aromatic heterocycles. The van der Waals surface area contributed by atoms with Crippen molar-refractivity contribution >= 4 is 16.3 Å². The molecular formula is C10H10N2O3S. The number of fused-ring (bicyclic) bond motifs is 1. The third kappa shape index (κ3) is 2.68. The molecule has 0 spiro atoms. The maximum Gasteiger partial charge on any atom is 0.283 e. The van der Waals surface area contributed by atoms with Gasteiger partial charge >= 0.3 is 0 Å². The van der Waals surface area contributed by atoms with Gasteiger partial charge < -0.3 is 4.90 Å². The minimum atomic E-state index is -4.02. The quantitative estimate of drug-likeness (QED) is 0.730. The Hall–Kier alpha value is -1.66.